The van der Waals surface area contributed by atoms with Crippen molar-refractivity contribution in [2.75, 3.05) is 31.6 Å². The first kappa shape index (κ1) is 18.4. The Morgan fingerprint density at radius 1 is 1.19 bits per heavy atom. The molecule has 0 spiro atoms. The molecule has 140 valence electrons. The largest absolute Gasteiger partial charge is 0.340 e. The van der Waals surface area contributed by atoms with Gasteiger partial charge in [-0.2, -0.15) is 0 Å². The van der Waals surface area contributed by atoms with Crippen molar-refractivity contribution in [3.05, 3.63) is 30.3 Å². The summed E-state index contributed by atoms with van der Waals surface area (Å²) < 4.78 is 0. The molecular weight excluding hydrogens is 332 g/mol. The van der Waals surface area contributed by atoms with Crippen molar-refractivity contribution < 1.29 is 14.4 Å². The summed E-state index contributed by atoms with van der Waals surface area (Å²) in [6, 6.07) is 7.72. The highest BCUT2D eigenvalue weighted by molar-refractivity contribution is 6.22. The Balaban J connectivity index is 1.65. The maximum Gasteiger partial charge on any atom is 0.329 e. The van der Waals surface area contributed by atoms with E-state index in [0.717, 1.165) is 30.8 Å². The Hall–Kier alpha value is -2.41. The monoisotopic (exact) mass is 358 g/mol. The fraction of sp³-hybridized carbons (Fsp3) is 0.526. The van der Waals surface area contributed by atoms with Gasteiger partial charge in [-0.15, -0.1) is 0 Å². The number of carbonyl (C=O) groups is 3. The molecule has 4 amide bonds. The van der Waals surface area contributed by atoms with Gasteiger partial charge in [-0.25, -0.2) is 9.69 Å². The van der Waals surface area contributed by atoms with Crippen LogP contribution in [0.5, 0.6) is 0 Å². The summed E-state index contributed by atoms with van der Waals surface area (Å²) in [4.78, 5) is 42.9. The highest BCUT2D eigenvalue weighted by Gasteiger charge is 2.41. The fourth-order valence-electron chi connectivity index (χ4n) is 3.73. The van der Waals surface area contributed by atoms with Crippen LogP contribution >= 0.6 is 0 Å². The maximum atomic E-state index is 12.8. The number of piperidine rings is 1. The number of imide groups is 1. The molecule has 7 nitrogen and oxygen atoms in total. The normalized spacial score (nSPS) is 21.8. The maximum absolute atomic E-state index is 12.8. The Morgan fingerprint density at radius 2 is 1.85 bits per heavy atom. The van der Waals surface area contributed by atoms with Crippen molar-refractivity contribution >= 4 is 23.5 Å². The van der Waals surface area contributed by atoms with Crippen LogP contribution in [0.25, 0.3) is 0 Å². The average molecular weight is 358 g/mol. The number of rotatable bonds is 5. The molecule has 0 bridgehead atoms. The molecule has 1 aromatic carbocycles. The molecule has 1 aromatic rings. The lowest BCUT2D eigenvalue weighted by atomic mass is 10.0. The summed E-state index contributed by atoms with van der Waals surface area (Å²) in [7, 11) is 2.08. The van der Waals surface area contributed by atoms with E-state index < -0.39 is 12.1 Å². The van der Waals surface area contributed by atoms with Crippen molar-refractivity contribution in [2.45, 2.75) is 38.3 Å². The number of hydrogen-bond acceptors (Lipinski definition) is 4. The van der Waals surface area contributed by atoms with E-state index in [1.807, 2.05) is 17.9 Å². The van der Waals surface area contributed by atoms with Gasteiger partial charge in [0.15, 0.2) is 0 Å². The first-order valence-electron chi connectivity index (χ1n) is 9.18. The molecule has 1 N–H and O–H groups in total. The van der Waals surface area contributed by atoms with Gasteiger partial charge >= 0.3 is 6.03 Å². The number of carbonyl (C=O) groups excluding carboxylic acids is 3. The van der Waals surface area contributed by atoms with Gasteiger partial charge in [0, 0.05) is 12.6 Å². The molecule has 0 aromatic heterocycles. The molecule has 3 rings (SSSR count). The molecule has 26 heavy (non-hydrogen) atoms. The molecule has 2 aliphatic rings. The molecule has 7 heteroatoms. The van der Waals surface area contributed by atoms with Crippen molar-refractivity contribution in [1.82, 2.24) is 15.1 Å². The van der Waals surface area contributed by atoms with Crippen LogP contribution in [0.2, 0.25) is 0 Å². The average Bonchev–Trinajstić information content (AvgIpc) is 2.91. The molecule has 0 radical (unpaired) electrons. The third kappa shape index (κ3) is 3.72. The zero-order valence-corrected chi connectivity index (χ0v) is 15.4. The molecule has 2 saturated heterocycles. The van der Waals surface area contributed by atoms with Gasteiger partial charge in [0.25, 0.3) is 5.91 Å². The number of urea groups is 1. The third-order valence-electron chi connectivity index (χ3n) is 5.20. The SMILES string of the molecule is CCN(C(=O)CC1NC(=O)N(c2ccccc2)C1=O)C1CCN(C)CC1. The quantitative estimate of drug-likeness (QED) is 0.809. The van der Waals surface area contributed by atoms with E-state index in [1.165, 1.54) is 0 Å². The van der Waals surface area contributed by atoms with Crippen molar-refractivity contribution in [3.63, 3.8) is 0 Å². The predicted molar refractivity (Wildman–Crippen MR) is 98.8 cm³/mol. The lowest BCUT2D eigenvalue weighted by molar-refractivity contribution is -0.136. The van der Waals surface area contributed by atoms with Gasteiger partial charge in [-0.3, -0.25) is 9.59 Å². The second-order valence-electron chi connectivity index (χ2n) is 6.93. The molecule has 0 aliphatic carbocycles. The van der Waals surface area contributed by atoms with E-state index in [4.69, 9.17) is 0 Å². The molecule has 1 atom stereocenters. The van der Waals surface area contributed by atoms with Crippen LogP contribution in [0.4, 0.5) is 10.5 Å². The van der Waals surface area contributed by atoms with Crippen LogP contribution in [0.15, 0.2) is 30.3 Å². The van der Waals surface area contributed by atoms with Crippen LogP contribution in [0.1, 0.15) is 26.2 Å². The van der Waals surface area contributed by atoms with Crippen molar-refractivity contribution in [1.29, 1.82) is 0 Å². The number of hydrogen-bond donors (Lipinski definition) is 1. The summed E-state index contributed by atoms with van der Waals surface area (Å²) in [5.74, 6) is -0.440. The number of nitrogens with zero attached hydrogens (tertiary/aromatic N) is 3. The van der Waals surface area contributed by atoms with Crippen LogP contribution in [-0.2, 0) is 9.59 Å². The third-order valence-corrected chi connectivity index (χ3v) is 5.20. The van der Waals surface area contributed by atoms with Crippen LogP contribution in [0, 0.1) is 0 Å². The van der Waals surface area contributed by atoms with Crippen molar-refractivity contribution in [3.8, 4) is 0 Å². The number of nitrogens with one attached hydrogen (secondary N) is 1. The summed E-state index contributed by atoms with van der Waals surface area (Å²) >= 11 is 0. The molecular formula is C19H26N4O3. The molecule has 0 saturated carbocycles. The Bertz CT molecular complexity index is 671. The molecule has 2 fully saturated rings. The standard InChI is InChI=1S/C19H26N4O3/c1-3-22(14-9-11-21(2)12-10-14)17(24)13-16-18(25)23(19(26)20-16)15-7-5-4-6-8-15/h4-8,14,16H,3,9-13H2,1-2H3,(H,20,26). The van der Waals surface area contributed by atoms with Crippen molar-refractivity contribution in [2.24, 2.45) is 0 Å². The van der Waals surface area contributed by atoms with Crippen LogP contribution in [-0.4, -0.2) is 66.4 Å². The van der Waals surface area contributed by atoms with E-state index >= 15 is 0 Å². The van der Waals surface area contributed by atoms with Gasteiger partial charge in [0.1, 0.15) is 6.04 Å². The van der Waals surface area contributed by atoms with Gasteiger partial charge in [0.2, 0.25) is 5.91 Å². The number of anilines is 1. The van der Waals surface area contributed by atoms with Gasteiger partial charge in [-0.05, 0) is 52.0 Å². The summed E-state index contributed by atoms with van der Waals surface area (Å²) in [5.41, 5.74) is 0.521. The fourth-order valence-corrected chi connectivity index (χ4v) is 3.73. The van der Waals surface area contributed by atoms with E-state index in [2.05, 4.69) is 17.3 Å². The first-order valence-corrected chi connectivity index (χ1v) is 9.18. The summed E-state index contributed by atoms with van der Waals surface area (Å²) in [5, 5.41) is 2.65. The Labute approximate surface area is 153 Å². The van der Waals surface area contributed by atoms with Gasteiger partial charge in [-0.1, -0.05) is 18.2 Å². The van der Waals surface area contributed by atoms with Gasteiger partial charge < -0.3 is 15.1 Å². The minimum atomic E-state index is -0.796. The first-order chi connectivity index (χ1) is 12.5. The molecule has 2 aliphatic heterocycles. The summed E-state index contributed by atoms with van der Waals surface area (Å²) in [6.07, 6.45) is 1.89. The predicted octanol–water partition coefficient (Wildman–Crippen LogP) is 1.44. The van der Waals surface area contributed by atoms with E-state index in [-0.39, 0.29) is 24.3 Å². The number of benzene rings is 1. The van der Waals surface area contributed by atoms with E-state index in [1.54, 1.807) is 24.3 Å². The van der Waals surface area contributed by atoms with Crippen LogP contribution < -0.4 is 10.2 Å². The van der Waals surface area contributed by atoms with Crippen LogP contribution in [0.3, 0.4) is 0 Å². The van der Waals surface area contributed by atoms with Gasteiger partial charge in [0.05, 0.1) is 12.1 Å². The second kappa shape index (κ2) is 7.86. The minimum Gasteiger partial charge on any atom is -0.340 e. The highest BCUT2D eigenvalue weighted by atomic mass is 16.2. The molecule has 2 heterocycles. The second-order valence-corrected chi connectivity index (χ2v) is 6.93. The summed E-state index contributed by atoms with van der Waals surface area (Å²) in [6.45, 7) is 4.51. The lowest BCUT2D eigenvalue weighted by Gasteiger charge is -2.37. The minimum absolute atomic E-state index is 0.00802. The lowest BCUT2D eigenvalue weighted by Crippen LogP contribution is -2.48. The van der Waals surface area contributed by atoms with E-state index in [9.17, 15) is 14.4 Å². The number of likely N-dealkylation sites (tertiary alicyclic amines) is 1. The highest BCUT2D eigenvalue weighted by Crippen LogP contribution is 2.22. The zero-order valence-electron chi connectivity index (χ0n) is 15.4. The molecule has 1 unspecified atom stereocenters. The zero-order chi connectivity index (χ0) is 18.7. The number of amides is 4. The Kier molecular flexibility index (Phi) is 5.56. The van der Waals surface area contributed by atoms with E-state index in [0.29, 0.717) is 12.2 Å². The Morgan fingerprint density at radius 3 is 2.46 bits per heavy atom. The smallest absolute Gasteiger partial charge is 0.329 e. The number of para-hydroxylation sites is 1. The topological polar surface area (TPSA) is 73.0 Å².